The van der Waals surface area contributed by atoms with Gasteiger partial charge in [0.2, 0.25) is 5.91 Å². The molecule has 0 aromatic heterocycles. The van der Waals surface area contributed by atoms with Crippen LogP contribution in [-0.4, -0.2) is 48.0 Å². The zero-order chi connectivity index (χ0) is 19.9. The molecule has 1 spiro atoms. The molecule has 7 nitrogen and oxygen atoms in total. The lowest BCUT2D eigenvalue weighted by Crippen LogP contribution is -2.51. The first-order valence-corrected chi connectivity index (χ1v) is 9.44. The molecule has 0 saturated carbocycles. The SMILES string of the molecule is CCOC(=O)[C@H]1[C@H](C(=O)OCC)[C@@]2(C(=O)Nc3ccccc32)[C@@H]2C=CC=CN21. The van der Waals surface area contributed by atoms with E-state index in [9.17, 15) is 14.4 Å². The highest BCUT2D eigenvalue weighted by molar-refractivity contribution is 6.11. The van der Waals surface area contributed by atoms with Crippen LogP contribution in [0, 0.1) is 5.92 Å². The molecule has 4 rings (SSSR count). The maximum Gasteiger partial charge on any atom is 0.329 e. The molecule has 4 atom stereocenters. The van der Waals surface area contributed by atoms with Gasteiger partial charge in [-0.1, -0.05) is 30.4 Å². The number of amides is 1. The second kappa shape index (κ2) is 6.82. The number of benzene rings is 1. The van der Waals surface area contributed by atoms with E-state index in [0.717, 1.165) is 0 Å². The van der Waals surface area contributed by atoms with Crippen LogP contribution in [-0.2, 0) is 29.3 Å². The van der Waals surface area contributed by atoms with Crippen molar-refractivity contribution in [3.05, 3.63) is 54.3 Å². The number of para-hydroxylation sites is 1. The molecular formula is C21H22N2O5. The van der Waals surface area contributed by atoms with Crippen molar-refractivity contribution in [1.29, 1.82) is 0 Å². The van der Waals surface area contributed by atoms with Crippen molar-refractivity contribution in [3.63, 3.8) is 0 Å². The smallest absolute Gasteiger partial charge is 0.329 e. The Kier molecular flexibility index (Phi) is 4.45. The summed E-state index contributed by atoms with van der Waals surface area (Å²) in [6, 6.07) is 5.82. The third-order valence-electron chi connectivity index (χ3n) is 5.64. The number of esters is 2. The molecule has 7 heteroatoms. The van der Waals surface area contributed by atoms with Crippen molar-refractivity contribution in [1.82, 2.24) is 4.90 Å². The lowest BCUT2D eigenvalue weighted by molar-refractivity contribution is -0.160. The second-order valence-electron chi connectivity index (χ2n) is 6.91. The number of carbonyl (C=O) groups excluding carboxylic acids is 3. The number of anilines is 1. The van der Waals surface area contributed by atoms with E-state index in [-0.39, 0.29) is 19.1 Å². The van der Waals surface area contributed by atoms with E-state index < -0.39 is 35.4 Å². The van der Waals surface area contributed by atoms with Crippen LogP contribution in [0.15, 0.2) is 48.7 Å². The summed E-state index contributed by atoms with van der Waals surface area (Å²) in [6.45, 7) is 3.75. The van der Waals surface area contributed by atoms with Gasteiger partial charge in [-0.3, -0.25) is 9.59 Å². The highest BCUT2D eigenvalue weighted by Crippen LogP contribution is 2.55. The third-order valence-corrected chi connectivity index (χ3v) is 5.64. The fourth-order valence-electron chi connectivity index (χ4n) is 4.70. The summed E-state index contributed by atoms with van der Waals surface area (Å²) < 4.78 is 10.6. The Labute approximate surface area is 163 Å². The molecule has 28 heavy (non-hydrogen) atoms. The Balaban J connectivity index is 1.96. The van der Waals surface area contributed by atoms with Crippen LogP contribution in [0.3, 0.4) is 0 Å². The first kappa shape index (κ1) is 18.3. The summed E-state index contributed by atoms with van der Waals surface area (Å²) in [5.74, 6) is -2.47. The van der Waals surface area contributed by atoms with Gasteiger partial charge in [0.25, 0.3) is 0 Å². The van der Waals surface area contributed by atoms with Gasteiger partial charge in [0.1, 0.15) is 17.4 Å². The van der Waals surface area contributed by atoms with Gasteiger partial charge in [0.15, 0.2) is 0 Å². The quantitative estimate of drug-likeness (QED) is 0.799. The molecule has 1 N–H and O–H groups in total. The fourth-order valence-corrected chi connectivity index (χ4v) is 4.70. The molecule has 0 bridgehead atoms. The van der Waals surface area contributed by atoms with Gasteiger partial charge in [0.05, 0.1) is 19.3 Å². The lowest BCUT2D eigenvalue weighted by atomic mass is 9.67. The van der Waals surface area contributed by atoms with Crippen LogP contribution >= 0.6 is 0 Å². The molecule has 1 saturated heterocycles. The van der Waals surface area contributed by atoms with Gasteiger partial charge >= 0.3 is 11.9 Å². The Morgan fingerprint density at radius 2 is 1.82 bits per heavy atom. The van der Waals surface area contributed by atoms with E-state index in [0.29, 0.717) is 11.3 Å². The van der Waals surface area contributed by atoms with Crippen molar-refractivity contribution >= 4 is 23.5 Å². The van der Waals surface area contributed by atoms with Crippen molar-refractivity contribution in [2.45, 2.75) is 31.3 Å². The Bertz CT molecular complexity index is 893. The molecule has 1 aromatic rings. The Morgan fingerprint density at radius 3 is 2.57 bits per heavy atom. The summed E-state index contributed by atoms with van der Waals surface area (Å²) in [7, 11) is 0. The van der Waals surface area contributed by atoms with Crippen LogP contribution < -0.4 is 5.32 Å². The molecule has 1 amide bonds. The van der Waals surface area contributed by atoms with Gasteiger partial charge < -0.3 is 19.7 Å². The van der Waals surface area contributed by atoms with Gasteiger partial charge in [-0.05, 0) is 31.6 Å². The zero-order valence-corrected chi connectivity index (χ0v) is 15.8. The molecule has 0 unspecified atom stereocenters. The summed E-state index contributed by atoms with van der Waals surface area (Å²) >= 11 is 0. The number of ether oxygens (including phenoxy) is 2. The van der Waals surface area contributed by atoms with Gasteiger partial charge in [0, 0.05) is 11.9 Å². The van der Waals surface area contributed by atoms with Gasteiger partial charge in [-0.2, -0.15) is 0 Å². The minimum Gasteiger partial charge on any atom is -0.466 e. The van der Waals surface area contributed by atoms with E-state index >= 15 is 0 Å². The largest absolute Gasteiger partial charge is 0.466 e. The number of nitrogens with one attached hydrogen (secondary N) is 1. The minimum absolute atomic E-state index is 0.153. The van der Waals surface area contributed by atoms with Gasteiger partial charge in [-0.15, -0.1) is 0 Å². The normalized spacial score (nSPS) is 29.4. The Morgan fingerprint density at radius 1 is 1.11 bits per heavy atom. The molecule has 146 valence electrons. The van der Waals surface area contributed by atoms with Crippen LogP contribution in [0.5, 0.6) is 0 Å². The maximum absolute atomic E-state index is 13.4. The molecule has 0 aliphatic carbocycles. The number of fused-ring (bicyclic) bond motifs is 4. The summed E-state index contributed by atoms with van der Waals surface area (Å²) in [4.78, 5) is 41.2. The topological polar surface area (TPSA) is 84.9 Å². The average molecular weight is 382 g/mol. The van der Waals surface area contributed by atoms with Crippen LogP contribution in [0.25, 0.3) is 0 Å². The number of hydrogen-bond donors (Lipinski definition) is 1. The van der Waals surface area contributed by atoms with Crippen LogP contribution in [0.4, 0.5) is 5.69 Å². The number of hydrogen-bond acceptors (Lipinski definition) is 6. The Hall–Kier alpha value is -3.09. The third kappa shape index (κ3) is 2.32. The van der Waals surface area contributed by atoms with Crippen LogP contribution in [0.2, 0.25) is 0 Å². The first-order chi connectivity index (χ1) is 13.6. The lowest BCUT2D eigenvalue weighted by Gasteiger charge is -2.33. The molecule has 3 aliphatic rings. The van der Waals surface area contributed by atoms with Crippen molar-refractivity contribution in [3.8, 4) is 0 Å². The standard InChI is InChI=1S/C21H22N2O5/c1-3-27-18(24)16-17(19(25)28-4-2)23-12-8-7-11-15(23)21(16)13-9-5-6-10-14(13)22-20(21)26/h5-12,15-17H,3-4H2,1-2H3,(H,22,26)/t15-,16+,17+,21-/m0/s1. The predicted molar refractivity (Wildman–Crippen MR) is 101 cm³/mol. The molecule has 0 radical (unpaired) electrons. The monoisotopic (exact) mass is 382 g/mol. The van der Waals surface area contributed by atoms with Crippen molar-refractivity contribution < 1.29 is 23.9 Å². The van der Waals surface area contributed by atoms with E-state index in [1.54, 1.807) is 37.1 Å². The van der Waals surface area contributed by atoms with Gasteiger partial charge in [-0.25, -0.2) is 4.79 Å². The highest BCUT2D eigenvalue weighted by Gasteiger charge is 2.70. The summed E-state index contributed by atoms with van der Waals surface area (Å²) in [5, 5.41) is 2.90. The van der Waals surface area contributed by atoms with E-state index in [4.69, 9.17) is 9.47 Å². The van der Waals surface area contributed by atoms with E-state index in [2.05, 4.69) is 5.32 Å². The van der Waals surface area contributed by atoms with E-state index in [1.165, 1.54) is 0 Å². The summed E-state index contributed by atoms with van der Waals surface area (Å²) in [5.41, 5.74) is 0.0654. The number of carbonyl (C=O) groups is 3. The number of rotatable bonds is 4. The number of nitrogens with zero attached hydrogens (tertiary/aromatic N) is 1. The fraction of sp³-hybridized carbons (Fsp3) is 0.381. The molecule has 1 aromatic carbocycles. The average Bonchev–Trinajstić information content (AvgIpc) is 3.16. The molecular weight excluding hydrogens is 360 g/mol. The molecule has 3 heterocycles. The van der Waals surface area contributed by atoms with E-state index in [1.807, 2.05) is 30.4 Å². The summed E-state index contributed by atoms with van der Waals surface area (Å²) in [6.07, 6.45) is 7.20. The minimum atomic E-state index is -1.28. The second-order valence-corrected chi connectivity index (χ2v) is 6.91. The number of allylic oxidation sites excluding steroid dienone is 2. The van der Waals surface area contributed by atoms with Crippen molar-refractivity contribution in [2.75, 3.05) is 18.5 Å². The predicted octanol–water partition coefficient (Wildman–Crippen LogP) is 1.76. The van der Waals surface area contributed by atoms with Crippen LogP contribution in [0.1, 0.15) is 19.4 Å². The molecule has 1 fully saturated rings. The highest BCUT2D eigenvalue weighted by atomic mass is 16.5. The molecule has 3 aliphatic heterocycles. The van der Waals surface area contributed by atoms with Crippen molar-refractivity contribution in [2.24, 2.45) is 5.92 Å². The zero-order valence-electron chi connectivity index (χ0n) is 15.8. The first-order valence-electron chi connectivity index (χ1n) is 9.44. The maximum atomic E-state index is 13.4.